The Morgan fingerprint density at radius 2 is 1.92 bits per heavy atom. The molecule has 1 rings (SSSR count). The predicted octanol–water partition coefficient (Wildman–Crippen LogP) is 2.89. The number of hydrogen-bond donors (Lipinski definition) is 1. The fraction of sp³-hybridized carbons (Fsp3) is 0.400. The van der Waals surface area contributed by atoms with E-state index in [1.165, 1.54) is 0 Å². The maximum atomic E-state index is 9.22. The highest BCUT2D eigenvalue weighted by molar-refractivity contribution is 6.32. The van der Waals surface area contributed by atoms with E-state index >= 15 is 0 Å². The Labute approximate surface area is 83.7 Å². The summed E-state index contributed by atoms with van der Waals surface area (Å²) in [6, 6.07) is 5.27. The van der Waals surface area contributed by atoms with Crippen molar-refractivity contribution in [2.45, 2.75) is 13.8 Å². The summed E-state index contributed by atoms with van der Waals surface area (Å²) in [5.41, 5.74) is 1.05. The molecule has 0 aliphatic carbocycles. The Hall–Kier alpha value is -0.890. The van der Waals surface area contributed by atoms with Crippen molar-refractivity contribution in [1.29, 1.82) is 0 Å². The highest BCUT2D eigenvalue weighted by Gasteiger charge is 2.04. The van der Waals surface area contributed by atoms with Crippen LogP contribution in [-0.2, 0) is 0 Å². The molecule has 0 heterocycles. The number of benzene rings is 1. The molecule has 1 aromatic rings. The van der Waals surface area contributed by atoms with Crippen molar-refractivity contribution in [3.63, 3.8) is 0 Å². The summed E-state index contributed by atoms with van der Waals surface area (Å²) in [4.78, 5) is 2.17. The molecule has 1 aromatic carbocycles. The number of halogens is 1. The summed E-state index contributed by atoms with van der Waals surface area (Å²) in [5, 5.41) is 9.63. The zero-order valence-electron chi connectivity index (χ0n) is 7.92. The highest BCUT2D eigenvalue weighted by Crippen LogP contribution is 2.27. The average molecular weight is 200 g/mol. The summed E-state index contributed by atoms with van der Waals surface area (Å²) in [6.07, 6.45) is 0. The second-order valence-electron chi connectivity index (χ2n) is 2.81. The van der Waals surface area contributed by atoms with Crippen molar-refractivity contribution in [1.82, 2.24) is 0 Å². The van der Waals surface area contributed by atoms with Gasteiger partial charge in [0.1, 0.15) is 5.75 Å². The van der Waals surface area contributed by atoms with Crippen LogP contribution in [0.15, 0.2) is 18.2 Å². The number of phenolic OH excluding ortho intramolecular Hbond substituents is 1. The molecule has 0 amide bonds. The van der Waals surface area contributed by atoms with Gasteiger partial charge in [-0.1, -0.05) is 11.6 Å². The van der Waals surface area contributed by atoms with Crippen molar-refractivity contribution >= 4 is 17.3 Å². The van der Waals surface area contributed by atoms with Gasteiger partial charge in [0, 0.05) is 18.8 Å². The standard InChI is InChI=1S/C10H14ClNO/c1-3-12(4-2)8-5-6-10(13)9(11)7-8/h5-7,13H,3-4H2,1-2H3. The number of nitrogens with zero attached hydrogens (tertiary/aromatic N) is 1. The second-order valence-corrected chi connectivity index (χ2v) is 3.22. The first-order valence-electron chi connectivity index (χ1n) is 4.42. The van der Waals surface area contributed by atoms with E-state index in [1.807, 2.05) is 6.07 Å². The summed E-state index contributed by atoms with van der Waals surface area (Å²) < 4.78 is 0. The third kappa shape index (κ3) is 2.28. The van der Waals surface area contributed by atoms with E-state index in [2.05, 4.69) is 18.7 Å². The molecule has 0 radical (unpaired) electrons. The number of aromatic hydroxyl groups is 1. The molecule has 0 bridgehead atoms. The van der Waals surface area contributed by atoms with Crippen molar-refractivity contribution in [2.24, 2.45) is 0 Å². The maximum Gasteiger partial charge on any atom is 0.134 e. The van der Waals surface area contributed by atoms with Crippen LogP contribution in [0.25, 0.3) is 0 Å². The minimum absolute atomic E-state index is 0.137. The first-order valence-corrected chi connectivity index (χ1v) is 4.80. The van der Waals surface area contributed by atoms with E-state index in [1.54, 1.807) is 12.1 Å². The van der Waals surface area contributed by atoms with Crippen LogP contribution in [0.2, 0.25) is 5.02 Å². The molecule has 0 aliphatic rings. The van der Waals surface area contributed by atoms with Gasteiger partial charge in [0.15, 0.2) is 0 Å². The topological polar surface area (TPSA) is 23.5 Å². The van der Waals surface area contributed by atoms with E-state index in [-0.39, 0.29) is 5.75 Å². The van der Waals surface area contributed by atoms with Crippen LogP contribution >= 0.6 is 11.6 Å². The second kappa shape index (κ2) is 4.38. The monoisotopic (exact) mass is 199 g/mol. The zero-order valence-corrected chi connectivity index (χ0v) is 8.67. The molecule has 0 unspecified atom stereocenters. The Morgan fingerprint density at radius 3 is 2.38 bits per heavy atom. The first-order chi connectivity index (χ1) is 6.19. The molecule has 0 saturated carbocycles. The molecule has 0 aliphatic heterocycles. The molecule has 0 spiro atoms. The molecule has 2 nitrogen and oxygen atoms in total. The van der Waals surface area contributed by atoms with Crippen LogP contribution in [0.5, 0.6) is 5.75 Å². The number of rotatable bonds is 3. The molecule has 1 N–H and O–H groups in total. The zero-order chi connectivity index (χ0) is 9.84. The Morgan fingerprint density at radius 1 is 1.31 bits per heavy atom. The highest BCUT2D eigenvalue weighted by atomic mass is 35.5. The van der Waals surface area contributed by atoms with Gasteiger partial charge in [0.05, 0.1) is 5.02 Å². The van der Waals surface area contributed by atoms with Gasteiger partial charge >= 0.3 is 0 Å². The number of hydrogen-bond acceptors (Lipinski definition) is 2. The third-order valence-corrected chi connectivity index (χ3v) is 2.36. The Balaban J connectivity index is 2.95. The van der Waals surface area contributed by atoms with Crippen LogP contribution < -0.4 is 4.90 Å². The van der Waals surface area contributed by atoms with Gasteiger partial charge in [-0.2, -0.15) is 0 Å². The van der Waals surface area contributed by atoms with E-state index in [0.717, 1.165) is 18.8 Å². The molecular formula is C10H14ClNO. The number of anilines is 1. The minimum Gasteiger partial charge on any atom is -0.506 e. The van der Waals surface area contributed by atoms with Gasteiger partial charge in [-0.25, -0.2) is 0 Å². The van der Waals surface area contributed by atoms with E-state index < -0.39 is 0 Å². The average Bonchev–Trinajstić information content (AvgIpc) is 2.13. The smallest absolute Gasteiger partial charge is 0.134 e. The Kier molecular flexibility index (Phi) is 3.43. The number of phenols is 1. The van der Waals surface area contributed by atoms with Crippen LogP contribution in [0.3, 0.4) is 0 Å². The van der Waals surface area contributed by atoms with Crippen molar-refractivity contribution in [3.05, 3.63) is 23.2 Å². The van der Waals surface area contributed by atoms with E-state index in [4.69, 9.17) is 11.6 Å². The molecule has 72 valence electrons. The van der Waals surface area contributed by atoms with Crippen molar-refractivity contribution < 1.29 is 5.11 Å². The lowest BCUT2D eigenvalue weighted by atomic mass is 10.2. The molecule has 0 saturated heterocycles. The van der Waals surface area contributed by atoms with Gasteiger partial charge in [-0.3, -0.25) is 0 Å². The fourth-order valence-electron chi connectivity index (χ4n) is 1.28. The van der Waals surface area contributed by atoms with Gasteiger partial charge in [-0.05, 0) is 32.0 Å². The van der Waals surface area contributed by atoms with E-state index in [9.17, 15) is 5.11 Å². The van der Waals surface area contributed by atoms with Crippen LogP contribution in [-0.4, -0.2) is 18.2 Å². The summed E-state index contributed by atoms with van der Waals surface area (Å²) in [7, 11) is 0. The van der Waals surface area contributed by atoms with Gasteiger partial charge < -0.3 is 10.0 Å². The van der Waals surface area contributed by atoms with Crippen molar-refractivity contribution in [3.8, 4) is 5.75 Å². The van der Waals surface area contributed by atoms with Gasteiger partial charge in [0.25, 0.3) is 0 Å². The summed E-state index contributed by atoms with van der Waals surface area (Å²) in [6.45, 7) is 6.06. The lowest BCUT2D eigenvalue weighted by molar-refractivity contribution is 0.475. The van der Waals surface area contributed by atoms with Crippen LogP contribution in [0, 0.1) is 0 Å². The predicted molar refractivity (Wildman–Crippen MR) is 56.7 cm³/mol. The summed E-state index contributed by atoms with van der Waals surface area (Å²) >= 11 is 5.80. The third-order valence-electron chi connectivity index (χ3n) is 2.06. The normalized spacial score (nSPS) is 10.1. The lowest BCUT2D eigenvalue weighted by Gasteiger charge is -2.21. The fourth-order valence-corrected chi connectivity index (χ4v) is 1.46. The molecule has 13 heavy (non-hydrogen) atoms. The molecular weight excluding hydrogens is 186 g/mol. The quantitative estimate of drug-likeness (QED) is 0.809. The first kappa shape index (κ1) is 10.2. The van der Waals surface area contributed by atoms with Gasteiger partial charge in [0.2, 0.25) is 0 Å². The summed E-state index contributed by atoms with van der Waals surface area (Å²) in [5.74, 6) is 0.137. The maximum absolute atomic E-state index is 9.22. The van der Waals surface area contributed by atoms with Gasteiger partial charge in [-0.15, -0.1) is 0 Å². The molecule has 0 atom stereocenters. The van der Waals surface area contributed by atoms with Crippen molar-refractivity contribution in [2.75, 3.05) is 18.0 Å². The van der Waals surface area contributed by atoms with Crippen LogP contribution in [0.1, 0.15) is 13.8 Å². The Bertz CT molecular complexity index is 284. The molecule has 0 fully saturated rings. The van der Waals surface area contributed by atoms with Crippen LogP contribution in [0.4, 0.5) is 5.69 Å². The SMILES string of the molecule is CCN(CC)c1ccc(O)c(Cl)c1. The van der Waals surface area contributed by atoms with E-state index in [0.29, 0.717) is 5.02 Å². The minimum atomic E-state index is 0.137. The molecule has 3 heteroatoms. The lowest BCUT2D eigenvalue weighted by Crippen LogP contribution is -2.21. The largest absolute Gasteiger partial charge is 0.506 e. The molecule has 0 aromatic heterocycles.